The number of aliphatic hydroxyl groups excluding tert-OH is 1. The Morgan fingerprint density at radius 3 is 2.00 bits per heavy atom. The summed E-state index contributed by atoms with van der Waals surface area (Å²) in [6.07, 6.45) is 2.61. The number of rotatable bonds is 5. The topological polar surface area (TPSA) is 26.7 Å². The third-order valence-corrected chi connectivity index (χ3v) is 2.71. The van der Waals surface area contributed by atoms with Crippen molar-refractivity contribution in [1.29, 1.82) is 0 Å². The highest BCUT2D eigenvalue weighted by molar-refractivity contribution is 4.71. The van der Waals surface area contributed by atoms with Crippen LogP contribution >= 0.6 is 0 Å². The van der Waals surface area contributed by atoms with Crippen molar-refractivity contribution in [2.45, 2.75) is 19.8 Å². The molecule has 3 heteroatoms. The molecule has 1 saturated heterocycles. The van der Waals surface area contributed by atoms with Crippen LogP contribution in [0.25, 0.3) is 0 Å². The third-order valence-electron chi connectivity index (χ3n) is 2.71. The van der Waals surface area contributed by atoms with Gasteiger partial charge in [0.1, 0.15) is 0 Å². The second-order valence-electron chi connectivity index (χ2n) is 3.76. The van der Waals surface area contributed by atoms with Crippen molar-refractivity contribution >= 4 is 0 Å². The van der Waals surface area contributed by atoms with Crippen molar-refractivity contribution in [2.75, 3.05) is 45.9 Å². The first-order valence-corrected chi connectivity index (χ1v) is 5.42. The van der Waals surface area contributed by atoms with Gasteiger partial charge in [0.15, 0.2) is 0 Å². The molecule has 0 aromatic rings. The van der Waals surface area contributed by atoms with Crippen molar-refractivity contribution < 1.29 is 5.11 Å². The van der Waals surface area contributed by atoms with E-state index in [9.17, 15) is 0 Å². The molecule has 0 amide bonds. The molecule has 0 atom stereocenters. The molecule has 0 unspecified atom stereocenters. The van der Waals surface area contributed by atoms with E-state index in [1.165, 1.54) is 32.5 Å². The monoisotopic (exact) mass is 186 g/mol. The van der Waals surface area contributed by atoms with Gasteiger partial charge in [0.25, 0.3) is 0 Å². The normalized spacial score (nSPS) is 20.8. The van der Waals surface area contributed by atoms with Crippen LogP contribution in [0.1, 0.15) is 19.8 Å². The maximum atomic E-state index is 8.77. The number of aliphatic hydroxyl groups is 1. The number of unbranched alkanes of at least 4 members (excludes halogenated alkanes) is 1. The molecule has 0 aromatic heterocycles. The fraction of sp³-hybridized carbons (Fsp3) is 1.00. The van der Waals surface area contributed by atoms with Crippen LogP contribution in [0.15, 0.2) is 0 Å². The van der Waals surface area contributed by atoms with Crippen LogP contribution in [-0.4, -0.2) is 60.8 Å². The molecule has 0 radical (unpaired) electrons. The summed E-state index contributed by atoms with van der Waals surface area (Å²) >= 11 is 0. The molecule has 0 spiro atoms. The summed E-state index contributed by atoms with van der Waals surface area (Å²) in [6.45, 7) is 9.26. The van der Waals surface area contributed by atoms with Crippen molar-refractivity contribution in [3.63, 3.8) is 0 Å². The van der Waals surface area contributed by atoms with Gasteiger partial charge in [0.05, 0.1) is 6.61 Å². The minimum atomic E-state index is 0.301. The van der Waals surface area contributed by atoms with Crippen LogP contribution in [0.2, 0.25) is 0 Å². The van der Waals surface area contributed by atoms with Gasteiger partial charge in [-0.3, -0.25) is 4.90 Å². The first-order valence-electron chi connectivity index (χ1n) is 5.42. The van der Waals surface area contributed by atoms with Gasteiger partial charge in [-0.2, -0.15) is 0 Å². The number of hydrogen-bond acceptors (Lipinski definition) is 3. The van der Waals surface area contributed by atoms with Gasteiger partial charge in [-0.25, -0.2) is 0 Å². The van der Waals surface area contributed by atoms with Gasteiger partial charge in [0.2, 0.25) is 0 Å². The Kier molecular flexibility index (Phi) is 5.35. The predicted molar refractivity (Wildman–Crippen MR) is 54.9 cm³/mol. The van der Waals surface area contributed by atoms with Crippen LogP contribution in [0.5, 0.6) is 0 Å². The van der Waals surface area contributed by atoms with Crippen molar-refractivity contribution in [3.05, 3.63) is 0 Å². The lowest BCUT2D eigenvalue weighted by molar-refractivity contribution is 0.112. The highest BCUT2D eigenvalue weighted by Gasteiger charge is 2.14. The molecule has 1 aliphatic rings. The van der Waals surface area contributed by atoms with E-state index in [0.717, 1.165) is 19.6 Å². The fourth-order valence-corrected chi connectivity index (χ4v) is 1.76. The molecule has 1 heterocycles. The van der Waals surface area contributed by atoms with Gasteiger partial charge in [-0.15, -0.1) is 0 Å². The number of piperazine rings is 1. The van der Waals surface area contributed by atoms with E-state index in [1.807, 2.05) is 0 Å². The van der Waals surface area contributed by atoms with Crippen molar-refractivity contribution in [3.8, 4) is 0 Å². The Balaban J connectivity index is 2.08. The van der Waals surface area contributed by atoms with Gasteiger partial charge >= 0.3 is 0 Å². The molecule has 1 rings (SSSR count). The summed E-state index contributed by atoms with van der Waals surface area (Å²) in [6, 6.07) is 0. The average Bonchev–Trinajstić information content (AvgIpc) is 2.17. The first kappa shape index (κ1) is 11.0. The van der Waals surface area contributed by atoms with E-state index < -0.39 is 0 Å². The minimum absolute atomic E-state index is 0.301. The zero-order chi connectivity index (χ0) is 9.52. The van der Waals surface area contributed by atoms with Crippen LogP contribution < -0.4 is 0 Å². The van der Waals surface area contributed by atoms with Crippen LogP contribution in [0.4, 0.5) is 0 Å². The molecular formula is C10H22N2O. The number of hydrogen-bond donors (Lipinski definition) is 1. The Labute approximate surface area is 81.3 Å². The smallest absolute Gasteiger partial charge is 0.0558 e. The summed E-state index contributed by atoms with van der Waals surface area (Å²) in [5, 5.41) is 8.77. The van der Waals surface area contributed by atoms with Crippen molar-refractivity contribution in [1.82, 2.24) is 9.80 Å². The Morgan fingerprint density at radius 1 is 1.00 bits per heavy atom. The van der Waals surface area contributed by atoms with Gasteiger partial charge in [0, 0.05) is 32.7 Å². The molecule has 0 bridgehead atoms. The zero-order valence-electron chi connectivity index (χ0n) is 8.71. The number of nitrogens with zero attached hydrogens (tertiary/aromatic N) is 2. The van der Waals surface area contributed by atoms with E-state index in [0.29, 0.717) is 6.61 Å². The first-order chi connectivity index (χ1) is 6.36. The van der Waals surface area contributed by atoms with E-state index in [1.54, 1.807) is 0 Å². The Morgan fingerprint density at radius 2 is 1.54 bits per heavy atom. The SMILES string of the molecule is CCCCN1CCN(CCO)CC1. The molecule has 1 fully saturated rings. The van der Waals surface area contributed by atoms with Crippen LogP contribution in [0.3, 0.4) is 0 Å². The van der Waals surface area contributed by atoms with Crippen LogP contribution in [0, 0.1) is 0 Å². The molecule has 1 aliphatic heterocycles. The second-order valence-corrected chi connectivity index (χ2v) is 3.76. The minimum Gasteiger partial charge on any atom is -0.395 e. The summed E-state index contributed by atoms with van der Waals surface area (Å²) in [4.78, 5) is 4.86. The molecule has 1 N–H and O–H groups in total. The van der Waals surface area contributed by atoms with E-state index in [-0.39, 0.29) is 0 Å². The average molecular weight is 186 g/mol. The van der Waals surface area contributed by atoms with Crippen LogP contribution in [-0.2, 0) is 0 Å². The van der Waals surface area contributed by atoms with E-state index in [4.69, 9.17) is 5.11 Å². The summed E-state index contributed by atoms with van der Waals surface area (Å²) in [5.74, 6) is 0. The van der Waals surface area contributed by atoms with Gasteiger partial charge < -0.3 is 10.0 Å². The quantitative estimate of drug-likeness (QED) is 0.673. The van der Waals surface area contributed by atoms with Crippen molar-refractivity contribution in [2.24, 2.45) is 0 Å². The second kappa shape index (κ2) is 6.35. The predicted octanol–water partition coefficient (Wildman–Crippen LogP) is 0.396. The lowest BCUT2D eigenvalue weighted by Gasteiger charge is -2.34. The zero-order valence-corrected chi connectivity index (χ0v) is 8.71. The number of β-amino-alcohol motifs (C(OH)–C–C–N with tert-alkyl or cyclic N) is 1. The largest absolute Gasteiger partial charge is 0.395 e. The summed E-state index contributed by atoms with van der Waals surface area (Å²) in [5.41, 5.74) is 0. The maximum absolute atomic E-state index is 8.77. The molecule has 0 saturated carbocycles. The van der Waals surface area contributed by atoms with E-state index in [2.05, 4.69) is 16.7 Å². The lowest BCUT2D eigenvalue weighted by Crippen LogP contribution is -2.47. The summed E-state index contributed by atoms with van der Waals surface area (Å²) < 4.78 is 0. The molecule has 3 nitrogen and oxygen atoms in total. The Hall–Kier alpha value is -0.120. The van der Waals surface area contributed by atoms with Gasteiger partial charge in [-0.05, 0) is 13.0 Å². The molecular weight excluding hydrogens is 164 g/mol. The summed E-state index contributed by atoms with van der Waals surface area (Å²) in [7, 11) is 0. The standard InChI is InChI=1S/C10H22N2O/c1-2-3-4-11-5-7-12(8-6-11)9-10-13/h13H,2-10H2,1H3. The maximum Gasteiger partial charge on any atom is 0.0558 e. The molecule has 0 aromatic carbocycles. The fourth-order valence-electron chi connectivity index (χ4n) is 1.76. The molecule has 0 aliphatic carbocycles. The van der Waals surface area contributed by atoms with E-state index >= 15 is 0 Å². The third kappa shape index (κ3) is 4.07. The highest BCUT2D eigenvalue weighted by Crippen LogP contribution is 2.02. The Bertz CT molecular complexity index is 122. The highest BCUT2D eigenvalue weighted by atomic mass is 16.3. The molecule has 13 heavy (non-hydrogen) atoms. The lowest BCUT2D eigenvalue weighted by atomic mass is 10.2. The molecule has 78 valence electrons. The van der Waals surface area contributed by atoms with Gasteiger partial charge in [-0.1, -0.05) is 13.3 Å².